The number of hydrogen-bond donors (Lipinski definition) is 2. The highest BCUT2D eigenvalue weighted by Crippen LogP contribution is 2.20. The average molecular weight is 390 g/mol. The van der Waals surface area contributed by atoms with Crippen molar-refractivity contribution < 1.29 is 13.2 Å². The Balaban J connectivity index is 2.07. The van der Waals surface area contributed by atoms with Gasteiger partial charge < -0.3 is 10.6 Å². The van der Waals surface area contributed by atoms with E-state index in [4.69, 9.17) is 0 Å². The molecule has 0 radical (unpaired) electrons. The molecule has 2 aromatic carbocycles. The Kier molecular flexibility index (Phi) is 6.98. The second-order valence-corrected chi connectivity index (χ2v) is 8.28. The summed E-state index contributed by atoms with van der Waals surface area (Å²) in [7, 11) is -3.56. The van der Waals surface area contributed by atoms with Crippen molar-refractivity contribution in [3.05, 3.63) is 53.6 Å². The first-order chi connectivity index (χ1) is 12.8. The maximum atomic E-state index is 12.6. The molecule has 7 heteroatoms. The number of nitrogens with zero attached hydrogens (tertiary/aromatic N) is 1. The van der Waals surface area contributed by atoms with Crippen molar-refractivity contribution in [3.8, 4) is 0 Å². The van der Waals surface area contributed by atoms with E-state index in [9.17, 15) is 13.2 Å². The van der Waals surface area contributed by atoms with Crippen LogP contribution in [-0.2, 0) is 14.8 Å². The van der Waals surface area contributed by atoms with Gasteiger partial charge in [0.2, 0.25) is 15.9 Å². The van der Waals surface area contributed by atoms with Gasteiger partial charge in [-0.25, -0.2) is 8.42 Å². The molecular formula is C20H27N3O3S. The summed E-state index contributed by atoms with van der Waals surface area (Å²) in [6.07, 6.45) is 0. The fourth-order valence-electron chi connectivity index (χ4n) is 2.75. The van der Waals surface area contributed by atoms with Gasteiger partial charge in [0.15, 0.2) is 0 Å². The highest BCUT2D eigenvalue weighted by Gasteiger charge is 2.21. The van der Waals surface area contributed by atoms with Crippen LogP contribution in [0.3, 0.4) is 0 Å². The monoisotopic (exact) mass is 389 g/mol. The molecular weight excluding hydrogens is 362 g/mol. The number of benzene rings is 2. The van der Waals surface area contributed by atoms with Crippen LogP contribution in [0.5, 0.6) is 0 Å². The van der Waals surface area contributed by atoms with Gasteiger partial charge in [0, 0.05) is 24.5 Å². The van der Waals surface area contributed by atoms with E-state index in [0.29, 0.717) is 18.8 Å². The highest BCUT2D eigenvalue weighted by atomic mass is 32.2. The molecule has 6 nitrogen and oxygen atoms in total. The molecule has 0 saturated carbocycles. The van der Waals surface area contributed by atoms with E-state index in [1.807, 2.05) is 32.0 Å². The van der Waals surface area contributed by atoms with Gasteiger partial charge in [-0.05, 0) is 49.2 Å². The molecule has 0 heterocycles. The molecule has 146 valence electrons. The van der Waals surface area contributed by atoms with Crippen LogP contribution in [0.15, 0.2) is 47.4 Å². The number of aryl methyl sites for hydroxylation is 2. The molecule has 0 spiro atoms. The first-order valence-electron chi connectivity index (χ1n) is 8.99. The minimum Gasteiger partial charge on any atom is -0.376 e. The van der Waals surface area contributed by atoms with Gasteiger partial charge in [-0.2, -0.15) is 4.31 Å². The Morgan fingerprint density at radius 1 is 1.04 bits per heavy atom. The van der Waals surface area contributed by atoms with E-state index < -0.39 is 10.0 Å². The molecule has 0 unspecified atom stereocenters. The second-order valence-electron chi connectivity index (χ2n) is 6.34. The molecule has 0 fully saturated rings. The first kappa shape index (κ1) is 20.9. The van der Waals surface area contributed by atoms with Gasteiger partial charge in [0.25, 0.3) is 0 Å². The average Bonchev–Trinajstić information content (AvgIpc) is 2.63. The Labute approximate surface area is 161 Å². The van der Waals surface area contributed by atoms with Gasteiger partial charge in [-0.3, -0.25) is 4.79 Å². The second kappa shape index (κ2) is 9.01. The summed E-state index contributed by atoms with van der Waals surface area (Å²) >= 11 is 0. The third-order valence-electron chi connectivity index (χ3n) is 4.29. The van der Waals surface area contributed by atoms with Gasteiger partial charge in [-0.1, -0.05) is 32.0 Å². The van der Waals surface area contributed by atoms with Crippen molar-refractivity contribution >= 4 is 27.3 Å². The van der Waals surface area contributed by atoms with Crippen LogP contribution in [0.4, 0.5) is 11.4 Å². The topological polar surface area (TPSA) is 78.5 Å². The van der Waals surface area contributed by atoms with E-state index in [1.54, 1.807) is 26.0 Å². The SMILES string of the molecule is CCN(CC)S(=O)(=O)c1cccc(NC(=O)CNc2cc(C)ccc2C)c1. The Morgan fingerprint density at radius 3 is 2.41 bits per heavy atom. The number of carbonyl (C=O) groups is 1. The van der Waals surface area contributed by atoms with Gasteiger partial charge >= 0.3 is 0 Å². The zero-order valence-corrected chi connectivity index (χ0v) is 17.1. The molecule has 0 aliphatic carbocycles. The Hall–Kier alpha value is -2.38. The van der Waals surface area contributed by atoms with Crippen molar-refractivity contribution in [3.63, 3.8) is 0 Å². The number of amides is 1. The van der Waals surface area contributed by atoms with E-state index >= 15 is 0 Å². The molecule has 0 atom stereocenters. The van der Waals surface area contributed by atoms with Gasteiger partial charge in [0.05, 0.1) is 11.4 Å². The molecule has 2 rings (SSSR count). The number of hydrogen-bond acceptors (Lipinski definition) is 4. The Bertz CT molecular complexity index is 906. The summed E-state index contributed by atoms with van der Waals surface area (Å²) in [5.41, 5.74) is 3.53. The van der Waals surface area contributed by atoms with E-state index in [0.717, 1.165) is 16.8 Å². The highest BCUT2D eigenvalue weighted by molar-refractivity contribution is 7.89. The fraction of sp³-hybridized carbons (Fsp3) is 0.350. The fourth-order valence-corrected chi connectivity index (χ4v) is 4.26. The molecule has 0 aliphatic heterocycles. The largest absolute Gasteiger partial charge is 0.376 e. The maximum Gasteiger partial charge on any atom is 0.243 e. The normalized spacial score (nSPS) is 11.4. The minimum atomic E-state index is -3.56. The van der Waals surface area contributed by atoms with Crippen LogP contribution in [0, 0.1) is 13.8 Å². The lowest BCUT2D eigenvalue weighted by molar-refractivity contribution is -0.114. The van der Waals surface area contributed by atoms with Gasteiger partial charge in [-0.15, -0.1) is 0 Å². The van der Waals surface area contributed by atoms with Crippen LogP contribution in [0.1, 0.15) is 25.0 Å². The Morgan fingerprint density at radius 2 is 1.74 bits per heavy atom. The zero-order valence-electron chi connectivity index (χ0n) is 16.2. The summed E-state index contributed by atoms with van der Waals surface area (Å²) in [4.78, 5) is 12.4. The van der Waals surface area contributed by atoms with Crippen LogP contribution in [0.25, 0.3) is 0 Å². The lowest BCUT2D eigenvalue weighted by Crippen LogP contribution is -2.30. The predicted molar refractivity (Wildman–Crippen MR) is 110 cm³/mol. The minimum absolute atomic E-state index is 0.0946. The van der Waals surface area contributed by atoms with E-state index in [-0.39, 0.29) is 17.3 Å². The summed E-state index contributed by atoms with van der Waals surface area (Å²) in [6.45, 7) is 8.45. The number of sulfonamides is 1. The molecule has 1 amide bonds. The molecule has 0 aliphatic rings. The molecule has 0 aromatic heterocycles. The number of rotatable bonds is 8. The van der Waals surface area contributed by atoms with Crippen molar-refractivity contribution in [2.45, 2.75) is 32.6 Å². The summed E-state index contributed by atoms with van der Waals surface area (Å²) < 4.78 is 26.6. The smallest absolute Gasteiger partial charge is 0.243 e. The van der Waals surface area contributed by atoms with Crippen molar-refractivity contribution in [1.82, 2.24) is 4.31 Å². The van der Waals surface area contributed by atoms with Crippen molar-refractivity contribution in [1.29, 1.82) is 0 Å². The summed E-state index contributed by atoms with van der Waals surface area (Å²) in [5, 5.41) is 5.87. The number of nitrogens with one attached hydrogen (secondary N) is 2. The molecule has 2 aromatic rings. The van der Waals surface area contributed by atoms with Crippen LogP contribution in [0.2, 0.25) is 0 Å². The molecule has 0 bridgehead atoms. The maximum absolute atomic E-state index is 12.6. The standard InChI is InChI=1S/C20H27N3O3S/c1-5-23(6-2)27(25,26)18-9-7-8-17(13-18)22-20(24)14-21-19-12-15(3)10-11-16(19)4/h7-13,21H,5-6,14H2,1-4H3,(H,22,24). The lowest BCUT2D eigenvalue weighted by atomic mass is 10.1. The zero-order chi connectivity index (χ0) is 20.0. The lowest BCUT2D eigenvalue weighted by Gasteiger charge is -2.19. The molecule has 2 N–H and O–H groups in total. The van der Waals surface area contributed by atoms with Crippen molar-refractivity contribution in [2.24, 2.45) is 0 Å². The van der Waals surface area contributed by atoms with E-state index in [2.05, 4.69) is 10.6 Å². The summed E-state index contributed by atoms with van der Waals surface area (Å²) in [6, 6.07) is 12.3. The first-order valence-corrected chi connectivity index (χ1v) is 10.4. The molecule has 0 saturated heterocycles. The van der Waals surface area contributed by atoms with Gasteiger partial charge in [0.1, 0.15) is 0 Å². The third kappa shape index (κ3) is 5.30. The predicted octanol–water partition coefficient (Wildman–Crippen LogP) is 3.38. The quantitative estimate of drug-likeness (QED) is 0.725. The number of carbonyl (C=O) groups excluding carboxylic acids is 1. The van der Waals surface area contributed by atoms with E-state index in [1.165, 1.54) is 16.4 Å². The number of anilines is 2. The molecule has 27 heavy (non-hydrogen) atoms. The van der Waals surface area contributed by atoms with Crippen molar-refractivity contribution in [2.75, 3.05) is 30.3 Å². The van der Waals surface area contributed by atoms with Crippen LogP contribution >= 0.6 is 0 Å². The summed E-state index contributed by atoms with van der Waals surface area (Å²) in [5.74, 6) is -0.242. The van der Waals surface area contributed by atoms with Crippen LogP contribution < -0.4 is 10.6 Å². The van der Waals surface area contributed by atoms with Crippen LogP contribution in [-0.4, -0.2) is 38.3 Å². The third-order valence-corrected chi connectivity index (χ3v) is 6.34.